The molecule has 0 saturated heterocycles. The van der Waals surface area contributed by atoms with E-state index in [4.69, 9.17) is 0 Å². The van der Waals surface area contributed by atoms with Gasteiger partial charge in [0.05, 0.1) is 11.5 Å². The van der Waals surface area contributed by atoms with Crippen molar-refractivity contribution in [3.8, 4) is 0 Å². The molecule has 0 spiro atoms. The summed E-state index contributed by atoms with van der Waals surface area (Å²) in [4.78, 5) is 12.5. The highest BCUT2D eigenvalue weighted by Crippen LogP contribution is 2.34. The zero-order valence-corrected chi connectivity index (χ0v) is 10.7. The van der Waals surface area contributed by atoms with Crippen molar-refractivity contribution in [2.75, 3.05) is 11.9 Å². The van der Waals surface area contributed by atoms with E-state index in [1.807, 2.05) is 24.3 Å². The number of rotatable bonds is 2. The molecule has 0 aromatic heterocycles. The monoisotopic (exact) mass is 273 g/mol. The lowest BCUT2D eigenvalue weighted by Gasteiger charge is -2.25. The summed E-state index contributed by atoms with van der Waals surface area (Å²) in [6.07, 6.45) is 0.575. The van der Waals surface area contributed by atoms with Crippen molar-refractivity contribution in [1.82, 2.24) is 0 Å². The minimum atomic E-state index is -1.06. The van der Waals surface area contributed by atoms with Crippen LogP contribution in [-0.4, -0.2) is 12.3 Å². The molecule has 4 heteroatoms. The normalized spacial score (nSPS) is 17.2. The highest BCUT2D eigenvalue weighted by Gasteiger charge is 2.29. The number of para-hydroxylation sites is 1. The van der Waals surface area contributed by atoms with Crippen LogP contribution in [0.4, 0.5) is 14.5 Å². The summed E-state index contributed by atoms with van der Waals surface area (Å²) in [5.41, 5.74) is 1.55. The van der Waals surface area contributed by atoms with Gasteiger partial charge in [0.1, 0.15) is 0 Å². The number of carbonyl (C=O) groups is 1. The molecule has 20 heavy (non-hydrogen) atoms. The third-order valence-electron chi connectivity index (χ3n) is 3.62. The van der Waals surface area contributed by atoms with Gasteiger partial charge >= 0.3 is 0 Å². The fourth-order valence-electron chi connectivity index (χ4n) is 2.62. The van der Waals surface area contributed by atoms with E-state index in [0.717, 1.165) is 17.3 Å². The SMILES string of the molecule is O=C(c1cccc(F)c1F)C1CCNc2ccccc21. The molecule has 1 atom stereocenters. The lowest BCUT2D eigenvalue weighted by Crippen LogP contribution is -2.23. The first-order valence-electron chi connectivity index (χ1n) is 6.49. The van der Waals surface area contributed by atoms with Crippen LogP contribution in [0.2, 0.25) is 0 Å². The van der Waals surface area contributed by atoms with E-state index in [9.17, 15) is 13.6 Å². The Hall–Kier alpha value is -2.23. The highest BCUT2D eigenvalue weighted by atomic mass is 19.2. The molecule has 1 aliphatic heterocycles. The Morgan fingerprint density at radius 2 is 1.90 bits per heavy atom. The van der Waals surface area contributed by atoms with Gasteiger partial charge in [0, 0.05) is 12.2 Å². The summed E-state index contributed by atoms with van der Waals surface area (Å²) in [5.74, 6) is -2.84. The number of nitrogens with one attached hydrogen (secondary N) is 1. The topological polar surface area (TPSA) is 29.1 Å². The molecule has 0 radical (unpaired) electrons. The van der Waals surface area contributed by atoms with E-state index in [2.05, 4.69) is 5.32 Å². The predicted octanol–water partition coefficient (Wildman–Crippen LogP) is 3.75. The van der Waals surface area contributed by atoms with Crippen molar-refractivity contribution in [2.45, 2.75) is 12.3 Å². The largest absolute Gasteiger partial charge is 0.385 e. The maximum Gasteiger partial charge on any atom is 0.173 e. The Kier molecular flexibility index (Phi) is 3.22. The van der Waals surface area contributed by atoms with E-state index in [1.165, 1.54) is 12.1 Å². The van der Waals surface area contributed by atoms with Gasteiger partial charge in [-0.05, 0) is 30.2 Å². The maximum atomic E-state index is 13.8. The van der Waals surface area contributed by atoms with Crippen molar-refractivity contribution in [1.29, 1.82) is 0 Å². The van der Waals surface area contributed by atoms with Gasteiger partial charge < -0.3 is 5.32 Å². The fraction of sp³-hybridized carbons (Fsp3) is 0.188. The van der Waals surface area contributed by atoms with Crippen LogP contribution in [0, 0.1) is 11.6 Å². The summed E-state index contributed by atoms with van der Waals surface area (Å²) in [7, 11) is 0. The van der Waals surface area contributed by atoms with E-state index in [-0.39, 0.29) is 11.3 Å². The van der Waals surface area contributed by atoms with Gasteiger partial charge in [-0.1, -0.05) is 24.3 Å². The van der Waals surface area contributed by atoms with Gasteiger partial charge in [-0.3, -0.25) is 4.79 Å². The van der Waals surface area contributed by atoms with E-state index < -0.39 is 17.6 Å². The number of ketones is 1. The number of carbonyl (C=O) groups excluding carboxylic acids is 1. The molecule has 0 aliphatic carbocycles. The second-order valence-electron chi connectivity index (χ2n) is 4.82. The fourth-order valence-corrected chi connectivity index (χ4v) is 2.62. The average molecular weight is 273 g/mol. The molecule has 1 heterocycles. The molecule has 2 nitrogen and oxygen atoms in total. The van der Waals surface area contributed by atoms with Crippen molar-refractivity contribution in [3.63, 3.8) is 0 Å². The molecular formula is C16H13F2NO. The summed E-state index contributed by atoms with van der Waals surface area (Å²) < 4.78 is 27.0. The van der Waals surface area contributed by atoms with Crippen molar-refractivity contribution >= 4 is 11.5 Å². The lowest BCUT2D eigenvalue weighted by atomic mass is 9.85. The van der Waals surface area contributed by atoms with Gasteiger partial charge in [-0.2, -0.15) is 0 Å². The van der Waals surface area contributed by atoms with Crippen LogP contribution in [0.15, 0.2) is 42.5 Å². The average Bonchev–Trinajstić information content (AvgIpc) is 2.49. The number of hydrogen-bond donors (Lipinski definition) is 1. The molecule has 1 N–H and O–H groups in total. The van der Waals surface area contributed by atoms with Gasteiger partial charge in [0.25, 0.3) is 0 Å². The van der Waals surface area contributed by atoms with Gasteiger partial charge in [0.15, 0.2) is 17.4 Å². The van der Waals surface area contributed by atoms with Crippen LogP contribution in [0.5, 0.6) is 0 Å². The molecule has 102 valence electrons. The standard InChI is InChI=1S/C16H13F2NO/c17-13-6-3-5-12(15(13)18)16(20)11-8-9-19-14-7-2-1-4-10(11)14/h1-7,11,19H,8-9H2. The molecule has 0 bridgehead atoms. The van der Waals surface area contributed by atoms with Crippen LogP contribution < -0.4 is 5.32 Å². The van der Waals surface area contributed by atoms with E-state index in [0.29, 0.717) is 13.0 Å². The minimum Gasteiger partial charge on any atom is -0.385 e. The quantitative estimate of drug-likeness (QED) is 0.844. The molecule has 3 rings (SSSR count). The second kappa shape index (κ2) is 5.04. The van der Waals surface area contributed by atoms with Crippen LogP contribution in [0.1, 0.15) is 28.3 Å². The zero-order valence-electron chi connectivity index (χ0n) is 10.7. The van der Waals surface area contributed by atoms with Crippen molar-refractivity contribution < 1.29 is 13.6 Å². The number of fused-ring (bicyclic) bond motifs is 1. The zero-order chi connectivity index (χ0) is 14.1. The molecule has 0 fully saturated rings. The first-order valence-corrected chi connectivity index (χ1v) is 6.49. The van der Waals surface area contributed by atoms with Gasteiger partial charge in [0.2, 0.25) is 0 Å². The van der Waals surface area contributed by atoms with Crippen molar-refractivity contribution in [2.24, 2.45) is 0 Å². The molecular weight excluding hydrogens is 260 g/mol. The third-order valence-corrected chi connectivity index (χ3v) is 3.62. The summed E-state index contributed by atoms with van der Waals surface area (Å²) in [6.45, 7) is 0.643. The second-order valence-corrected chi connectivity index (χ2v) is 4.82. The number of hydrogen-bond acceptors (Lipinski definition) is 2. The number of Topliss-reactive ketones (excluding diaryl/α,β-unsaturated/α-hetero) is 1. The van der Waals surface area contributed by atoms with Crippen LogP contribution in [-0.2, 0) is 0 Å². The van der Waals surface area contributed by atoms with E-state index >= 15 is 0 Å². The number of halogens is 2. The van der Waals surface area contributed by atoms with E-state index in [1.54, 1.807) is 0 Å². The van der Waals surface area contributed by atoms with Gasteiger partial charge in [-0.25, -0.2) is 8.78 Å². The Labute approximate surface area is 115 Å². The number of benzene rings is 2. The Balaban J connectivity index is 2.02. The molecule has 2 aromatic carbocycles. The Morgan fingerprint density at radius 3 is 2.75 bits per heavy atom. The molecule has 2 aromatic rings. The maximum absolute atomic E-state index is 13.8. The van der Waals surface area contributed by atoms with Crippen LogP contribution in [0.3, 0.4) is 0 Å². The van der Waals surface area contributed by atoms with Crippen molar-refractivity contribution in [3.05, 3.63) is 65.2 Å². The Bertz CT molecular complexity index is 669. The lowest BCUT2D eigenvalue weighted by molar-refractivity contribution is 0.0950. The Morgan fingerprint density at radius 1 is 1.10 bits per heavy atom. The smallest absolute Gasteiger partial charge is 0.173 e. The number of anilines is 1. The third kappa shape index (κ3) is 2.07. The summed E-state index contributed by atoms with van der Waals surface area (Å²) in [6, 6.07) is 11.2. The minimum absolute atomic E-state index is 0.174. The van der Waals surface area contributed by atoms with Gasteiger partial charge in [-0.15, -0.1) is 0 Å². The van der Waals surface area contributed by atoms with Crippen LogP contribution in [0.25, 0.3) is 0 Å². The van der Waals surface area contributed by atoms with Crippen LogP contribution >= 0.6 is 0 Å². The first kappa shape index (κ1) is 12.8. The summed E-state index contributed by atoms with van der Waals surface area (Å²) in [5, 5.41) is 3.20. The molecule has 1 aliphatic rings. The summed E-state index contributed by atoms with van der Waals surface area (Å²) >= 11 is 0. The first-order chi connectivity index (χ1) is 9.68. The highest BCUT2D eigenvalue weighted by molar-refractivity contribution is 6.02. The molecule has 1 unspecified atom stereocenters. The molecule has 0 saturated carbocycles. The molecule has 0 amide bonds. The predicted molar refractivity (Wildman–Crippen MR) is 73.0 cm³/mol.